The maximum absolute atomic E-state index is 6.14. The summed E-state index contributed by atoms with van der Waals surface area (Å²) in [6.45, 7) is 3.79. The molecular weight excluding hydrogens is 415 g/mol. The minimum atomic E-state index is 0.460. The summed E-state index contributed by atoms with van der Waals surface area (Å²) in [5.74, 6) is 1.65. The summed E-state index contributed by atoms with van der Waals surface area (Å²) < 4.78 is 5.89. The first-order chi connectivity index (χ1) is 14.7. The summed E-state index contributed by atoms with van der Waals surface area (Å²) in [6.07, 6.45) is 3.77. The highest BCUT2D eigenvalue weighted by Gasteiger charge is 2.30. The van der Waals surface area contributed by atoms with Crippen molar-refractivity contribution in [1.29, 1.82) is 0 Å². The van der Waals surface area contributed by atoms with E-state index in [1.54, 1.807) is 6.20 Å². The lowest BCUT2D eigenvalue weighted by molar-refractivity contribution is 0.133. The van der Waals surface area contributed by atoms with E-state index in [9.17, 15) is 0 Å². The minimum absolute atomic E-state index is 0.460. The molecule has 1 aromatic heterocycles. The third kappa shape index (κ3) is 5.75. The monoisotopic (exact) mass is 440 g/mol. The molecule has 2 heterocycles. The average Bonchev–Trinajstić information content (AvgIpc) is 2.77. The molecule has 0 radical (unpaired) electrons. The number of hydrogen-bond acceptors (Lipinski definition) is 3. The molecule has 1 aliphatic heterocycles. The van der Waals surface area contributed by atoms with Gasteiger partial charge in [0.05, 0.1) is 11.6 Å². The van der Waals surface area contributed by atoms with Crippen LogP contribution in [-0.2, 0) is 6.54 Å². The smallest absolute Gasteiger partial charge is 0.213 e. The summed E-state index contributed by atoms with van der Waals surface area (Å²) in [4.78, 5) is 6.79. The highest BCUT2D eigenvalue weighted by atomic mass is 35.5. The molecule has 0 bridgehead atoms. The number of piperidine rings is 1. The molecule has 0 saturated carbocycles. The first-order valence-electron chi connectivity index (χ1n) is 10.4. The lowest BCUT2D eigenvalue weighted by atomic mass is 9.79. The molecule has 156 valence electrons. The van der Waals surface area contributed by atoms with Crippen LogP contribution < -0.4 is 4.74 Å². The molecule has 0 unspecified atom stereocenters. The van der Waals surface area contributed by atoms with Crippen molar-refractivity contribution in [2.45, 2.75) is 25.3 Å². The van der Waals surface area contributed by atoms with Gasteiger partial charge in [-0.15, -0.1) is 0 Å². The van der Waals surface area contributed by atoms with Crippen LogP contribution in [-0.4, -0.2) is 29.6 Å². The Kier molecular flexibility index (Phi) is 7.27. The Balaban J connectivity index is 1.42. The fourth-order valence-corrected chi connectivity index (χ4v) is 4.49. The number of nitrogens with zero attached hydrogens (tertiary/aromatic N) is 2. The fraction of sp³-hybridized carbons (Fsp3) is 0.320. The van der Waals surface area contributed by atoms with Gasteiger partial charge in [-0.1, -0.05) is 65.7 Å². The number of pyridine rings is 1. The third-order valence-electron chi connectivity index (χ3n) is 5.83. The molecule has 1 saturated heterocycles. The molecule has 0 N–H and O–H groups in total. The van der Waals surface area contributed by atoms with Gasteiger partial charge in [-0.05, 0) is 60.5 Å². The van der Waals surface area contributed by atoms with E-state index in [1.165, 1.54) is 11.1 Å². The lowest BCUT2D eigenvalue weighted by Gasteiger charge is -2.39. The average molecular weight is 441 g/mol. The van der Waals surface area contributed by atoms with E-state index in [-0.39, 0.29) is 0 Å². The summed E-state index contributed by atoms with van der Waals surface area (Å²) in [6, 6.07) is 22.7. The standard InChI is InChI=1S/C25H26Cl2N2O/c26-22-8-6-20(7-9-22)24-18-29(17-19-4-2-1-3-5-19)14-12-21(24)13-15-30-25-11-10-23(27)16-28-25/h1-11,16,21,24H,12-15,17-18H2/t21-,24+/m1/s1. The van der Waals surface area contributed by atoms with E-state index in [0.717, 1.165) is 37.5 Å². The molecule has 2 aromatic carbocycles. The summed E-state index contributed by atoms with van der Waals surface area (Å²) in [5, 5.41) is 1.40. The first kappa shape index (κ1) is 21.2. The van der Waals surface area contributed by atoms with Crippen LogP contribution in [0.15, 0.2) is 72.9 Å². The number of benzene rings is 2. The number of likely N-dealkylation sites (tertiary alicyclic amines) is 1. The first-order valence-corrected chi connectivity index (χ1v) is 11.2. The molecule has 0 spiro atoms. The largest absolute Gasteiger partial charge is 0.478 e. The molecule has 3 nitrogen and oxygen atoms in total. The van der Waals surface area contributed by atoms with Crippen molar-refractivity contribution < 1.29 is 4.74 Å². The molecule has 1 fully saturated rings. The normalized spacial score (nSPS) is 19.5. The minimum Gasteiger partial charge on any atom is -0.478 e. The topological polar surface area (TPSA) is 25.4 Å². The number of hydrogen-bond donors (Lipinski definition) is 0. The Hall–Kier alpha value is -2.07. The van der Waals surface area contributed by atoms with Crippen molar-refractivity contribution in [2.24, 2.45) is 5.92 Å². The number of rotatable bonds is 7. The highest BCUT2D eigenvalue weighted by molar-refractivity contribution is 6.30. The molecule has 4 rings (SSSR count). The van der Waals surface area contributed by atoms with E-state index >= 15 is 0 Å². The predicted molar refractivity (Wildman–Crippen MR) is 123 cm³/mol. The van der Waals surface area contributed by atoms with Crippen molar-refractivity contribution in [3.05, 3.63) is 94.1 Å². The van der Waals surface area contributed by atoms with Crippen LogP contribution in [0.1, 0.15) is 29.9 Å². The summed E-state index contributed by atoms with van der Waals surface area (Å²) >= 11 is 12.0. The van der Waals surface area contributed by atoms with Crippen molar-refractivity contribution in [1.82, 2.24) is 9.88 Å². The molecule has 1 aliphatic rings. The van der Waals surface area contributed by atoms with E-state index in [2.05, 4.69) is 52.3 Å². The Bertz CT molecular complexity index is 916. The van der Waals surface area contributed by atoms with Gasteiger partial charge >= 0.3 is 0 Å². The molecular formula is C25H26Cl2N2O. The zero-order valence-corrected chi connectivity index (χ0v) is 18.4. The van der Waals surface area contributed by atoms with Crippen LogP contribution in [0.2, 0.25) is 10.0 Å². The Labute approximate surface area is 188 Å². The second-order valence-electron chi connectivity index (χ2n) is 7.88. The van der Waals surface area contributed by atoms with Gasteiger partial charge in [0.2, 0.25) is 5.88 Å². The predicted octanol–water partition coefficient (Wildman–Crippen LogP) is 6.46. The van der Waals surface area contributed by atoms with Crippen LogP contribution in [0.3, 0.4) is 0 Å². The number of halogens is 2. The van der Waals surface area contributed by atoms with Crippen LogP contribution in [0, 0.1) is 5.92 Å². The third-order valence-corrected chi connectivity index (χ3v) is 6.30. The van der Waals surface area contributed by atoms with Gasteiger partial charge in [0, 0.05) is 30.4 Å². The molecule has 3 aromatic rings. The van der Waals surface area contributed by atoms with E-state index in [4.69, 9.17) is 27.9 Å². The number of ether oxygens (including phenoxy) is 1. The van der Waals surface area contributed by atoms with Crippen LogP contribution >= 0.6 is 23.2 Å². The van der Waals surface area contributed by atoms with E-state index in [0.29, 0.717) is 29.3 Å². The van der Waals surface area contributed by atoms with Crippen LogP contribution in [0.4, 0.5) is 0 Å². The lowest BCUT2D eigenvalue weighted by Crippen LogP contribution is -2.39. The summed E-state index contributed by atoms with van der Waals surface area (Å²) in [5.41, 5.74) is 2.72. The van der Waals surface area contributed by atoms with Gasteiger partial charge in [-0.3, -0.25) is 4.90 Å². The highest BCUT2D eigenvalue weighted by Crippen LogP contribution is 2.35. The van der Waals surface area contributed by atoms with Gasteiger partial charge < -0.3 is 4.74 Å². The van der Waals surface area contributed by atoms with Crippen molar-refractivity contribution in [3.8, 4) is 5.88 Å². The Morgan fingerprint density at radius 2 is 1.70 bits per heavy atom. The van der Waals surface area contributed by atoms with Crippen LogP contribution in [0.5, 0.6) is 5.88 Å². The number of aromatic nitrogens is 1. The zero-order chi connectivity index (χ0) is 20.8. The quantitative estimate of drug-likeness (QED) is 0.421. The molecule has 2 atom stereocenters. The molecule has 30 heavy (non-hydrogen) atoms. The summed E-state index contributed by atoms with van der Waals surface area (Å²) in [7, 11) is 0. The van der Waals surface area contributed by atoms with E-state index < -0.39 is 0 Å². The maximum Gasteiger partial charge on any atom is 0.213 e. The van der Waals surface area contributed by atoms with Gasteiger partial charge in [-0.25, -0.2) is 4.98 Å². The maximum atomic E-state index is 6.14. The molecule has 0 amide bonds. The van der Waals surface area contributed by atoms with Gasteiger partial charge in [0.25, 0.3) is 0 Å². The van der Waals surface area contributed by atoms with E-state index in [1.807, 2.05) is 24.3 Å². The fourth-order valence-electron chi connectivity index (χ4n) is 4.25. The second-order valence-corrected chi connectivity index (χ2v) is 8.75. The zero-order valence-electron chi connectivity index (χ0n) is 16.9. The van der Waals surface area contributed by atoms with Crippen molar-refractivity contribution in [2.75, 3.05) is 19.7 Å². The SMILES string of the molecule is Clc1ccc([C@@H]2CN(Cc3ccccc3)CC[C@@H]2CCOc2ccc(Cl)cn2)cc1. The Morgan fingerprint density at radius 3 is 2.43 bits per heavy atom. The molecule has 0 aliphatic carbocycles. The molecule has 5 heteroatoms. The van der Waals surface area contributed by atoms with Crippen molar-refractivity contribution >= 4 is 23.2 Å². The Morgan fingerprint density at radius 1 is 0.933 bits per heavy atom. The van der Waals surface area contributed by atoms with Crippen molar-refractivity contribution in [3.63, 3.8) is 0 Å². The van der Waals surface area contributed by atoms with Crippen LogP contribution in [0.25, 0.3) is 0 Å². The van der Waals surface area contributed by atoms with Gasteiger partial charge in [0.1, 0.15) is 0 Å². The van der Waals surface area contributed by atoms with Gasteiger partial charge in [-0.2, -0.15) is 0 Å². The van der Waals surface area contributed by atoms with Gasteiger partial charge in [0.15, 0.2) is 0 Å². The second kappa shape index (κ2) is 10.3.